The molecular weight excluding hydrogens is 373 g/mol. The van der Waals surface area contributed by atoms with E-state index in [0.717, 1.165) is 5.75 Å². The van der Waals surface area contributed by atoms with Crippen molar-refractivity contribution in [2.75, 3.05) is 19.0 Å². The minimum Gasteiger partial charge on any atom is -0.494 e. The first-order valence-corrected chi connectivity index (χ1v) is 9.21. The minimum atomic E-state index is -0.503. The molecule has 0 saturated carbocycles. The fourth-order valence-electron chi connectivity index (χ4n) is 2.76. The predicted octanol–water partition coefficient (Wildman–Crippen LogP) is 5.21. The number of amides is 1. The van der Waals surface area contributed by atoms with Gasteiger partial charge in [-0.05, 0) is 61.0 Å². The molecule has 0 aliphatic heterocycles. The van der Waals surface area contributed by atoms with E-state index in [9.17, 15) is 9.18 Å². The average molecular weight is 395 g/mol. The van der Waals surface area contributed by atoms with E-state index in [1.54, 1.807) is 36.4 Å². The van der Waals surface area contributed by atoms with Crippen LogP contribution in [0.3, 0.4) is 0 Å². The van der Waals surface area contributed by atoms with Crippen LogP contribution in [0.4, 0.5) is 10.1 Å². The molecule has 0 radical (unpaired) electrons. The summed E-state index contributed by atoms with van der Waals surface area (Å²) >= 11 is 0. The zero-order chi connectivity index (χ0) is 20.6. The maximum Gasteiger partial charge on any atom is 0.228 e. The summed E-state index contributed by atoms with van der Waals surface area (Å²) in [6.45, 7) is 2.51. The summed E-state index contributed by atoms with van der Waals surface area (Å²) in [4.78, 5) is 12.4. The lowest BCUT2D eigenvalue weighted by Gasteiger charge is -2.13. The molecule has 3 rings (SSSR count). The summed E-state index contributed by atoms with van der Waals surface area (Å²) in [5, 5.41) is 2.82. The summed E-state index contributed by atoms with van der Waals surface area (Å²) in [5.41, 5.74) is 1.08. The van der Waals surface area contributed by atoms with Gasteiger partial charge in [0.25, 0.3) is 0 Å². The van der Waals surface area contributed by atoms with E-state index in [1.165, 1.54) is 19.2 Å². The van der Waals surface area contributed by atoms with Gasteiger partial charge in [0, 0.05) is 0 Å². The molecule has 0 fully saturated rings. The lowest BCUT2D eigenvalue weighted by molar-refractivity contribution is -0.115. The summed E-state index contributed by atoms with van der Waals surface area (Å²) in [5.74, 6) is 1.24. The fourth-order valence-corrected chi connectivity index (χ4v) is 2.76. The summed E-state index contributed by atoms with van der Waals surface area (Å²) < 4.78 is 30.0. The Kier molecular flexibility index (Phi) is 6.68. The molecule has 0 bridgehead atoms. The molecule has 0 aliphatic rings. The first kappa shape index (κ1) is 20.2. The monoisotopic (exact) mass is 395 g/mol. The van der Waals surface area contributed by atoms with Crippen LogP contribution >= 0.6 is 0 Å². The van der Waals surface area contributed by atoms with Gasteiger partial charge in [0.15, 0.2) is 17.3 Å². The van der Waals surface area contributed by atoms with Gasteiger partial charge < -0.3 is 19.5 Å². The third kappa shape index (κ3) is 5.48. The Labute approximate surface area is 169 Å². The second kappa shape index (κ2) is 9.59. The normalized spacial score (nSPS) is 10.3. The van der Waals surface area contributed by atoms with Crippen LogP contribution < -0.4 is 19.5 Å². The zero-order valence-corrected chi connectivity index (χ0v) is 16.3. The number of ether oxygens (including phenoxy) is 3. The van der Waals surface area contributed by atoms with Crippen molar-refractivity contribution in [2.45, 2.75) is 13.3 Å². The maximum absolute atomic E-state index is 13.8. The number of hydrogen-bond donors (Lipinski definition) is 1. The van der Waals surface area contributed by atoms with E-state index in [0.29, 0.717) is 29.4 Å². The van der Waals surface area contributed by atoms with Gasteiger partial charge in [-0.25, -0.2) is 4.39 Å². The Bertz CT molecular complexity index is 973. The molecule has 0 atom stereocenters. The fraction of sp³-hybridized carbons (Fsp3) is 0.174. The molecule has 0 spiro atoms. The van der Waals surface area contributed by atoms with Crippen molar-refractivity contribution in [2.24, 2.45) is 0 Å². The van der Waals surface area contributed by atoms with E-state index in [-0.39, 0.29) is 18.1 Å². The third-order valence-electron chi connectivity index (χ3n) is 4.10. The first-order valence-electron chi connectivity index (χ1n) is 9.21. The van der Waals surface area contributed by atoms with Gasteiger partial charge in [0.05, 0.1) is 25.8 Å². The van der Waals surface area contributed by atoms with E-state index < -0.39 is 5.82 Å². The molecule has 0 aliphatic carbocycles. The Balaban J connectivity index is 1.68. The van der Waals surface area contributed by atoms with Gasteiger partial charge in [-0.3, -0.25) is 4.79 Å². The van der Waals surface area contributed by atoms with Gasteiger partial charge in [-0.2, -0.15) is 0 Å². The Hall–Kier alpha value is -3.54. The molecule has 1 amide bonds. The highest BCUT2D eigenvalue weighted by Crippen LogP contribution is 2.30. The average Bonchev–Trinajstić information content (AvgIpc) is 2.71. The van der Waals surface area contributed by atoms with E-state index in [2.05, 4.69) is 5.32 Å². The molecule has 29 heavy (non-hydrogen) atoms. The van der Waals surface area contributed by atoms with Gasteiger partial charge in [0.2, 0.25) is 5.91 Å². The SMILES string of the molecule is CCOc1ccc(Oc2ccccc2NC(=O)Cc2ccc(OC)c(F)c2)cc1. The topological polar surface area (TPSA) is 56.8 Å². The minimum absolute atomic E-state index is 0.0261. The molecule has 0 saturated heterocycles. The van der Waals surface area contributed by atoms with Crippen LogP contribution in [0.5, 0.6) is 23.0 Å². The standard InChI is InChI=1S/C23H22FNO4/c1-3-28-17-9-11-18(12-10-17)29-22-7-5-4-6-20(22)25-23(26)15-16-8-13-21(27-2)19(24)14-16/h4-14H,3,15H2,1-2H3,(H,25,26). The quantitative estimate of drug-likeness (QED) is 0.569. The number of carbonyl (C=O) groups is 1. The number of para-hydroxylation sites is 2. The lowest BCUT2D eigenvalue weighted by atomic mass is 10.1. The van der Waals surface area contributed by atoms with Crippen LogP contribution in [0, 0.1) is 5.82 Å². The molecule has 3 aromatic rings. The van der Waals surface area contributed by atoms with Crippen molar-refractivity contribution in [3.63, 3.8) is 0 Å². The number of halogens is 1. The molecule has 150 valence electrons. The second-order valence-electron chi connectivity index (χ2n) is 6.20. The number of methoxy groups -OCH3 is 1. The second-order valence-corrected chi connectivity index (χ2v) is 6.20. The van der Waals surface area contributed by atoms with Gasteiger partial charge in [-0.15, -0.1) is 0 Å². The van der Waals surface area contributed by atoms with Crippen molar-refractivity contribution in [1.82, 2.24) is 0 Å². The number of rotatable bonds is 8. The summed E-state index contributed by atoms with van der Waals surface area (Å²) in [6.07, 6.45) is 0.0261. The lowest BCUT2D eigenvalue weighted by Crippen LogP contribution is -2.15. The number of anilines is 1. The molecule has 6 heteroatoms. The molecular formula is C23H22FNO4. The predicted molar refractivity (Wildman–Crippen MR) is 109 cm³/mol. The highest BCUT2D eigenvalue weighted by molar-refractivity contribution is 5.93. The summed E-state index contributed by atoms with van der Waals surface area (Å²) in [6, 6.07) is 18.8. The smallest absolute Gasteiger partial charge is 0.228 e. The van der Waals surface area contributed by atoms with Crippen molar-refractivity contribution in [1.29, 1.82) is 0 Å². The van der Waals surface area contributed by atoms with Crippen LogP contribution in [0.1, 0.15) is 12.5 Å². The van der Waals surface area contributed by atoms with Crippen LogP contribution in [-0.2, 0) is 11.2 Å². The van der Waals surface area contributed by atoms with Crippen LogP contribution in [0.25, 0.3) is 0 Å². The van der Waals surface area contributed by atoms with Gasteiger partial charge >= 0.3 is 0 Å². The van der Waals surface area contributed by atoms with Gasteiger partial charge in [0.1, 0.15) is 11.5 Å². The molecule has 0 unspecified atom stereocenters. The number of nitrogens with one attached hydrogen (secondary N) is 1. The Morgan fingerprint density at radius 2 is 1.69 bits per heavy atom. The molecule has 5 nitrogen and oxygen atoms in total. The van der Waals surface area contributed by atoms with Crippen molar-refractivity contribution in [3.8, 4) is 23.0 Å². The van der Waals surface area contributed by atoms with E-state index in [4.69, 9.17) is 14.2 Å². The highest BCUT2D eigenvalue weighted by atomic mass is 19.1. The van der Waals surface area contributed by atoms with E-state index in [1.807, 2.05) is 25.1 Å². The molecule has 3 aromatic carbocycles. The van der Waals surface area contributed by atoms with Gasteiger partial charge in [-0.1, -0.05) is 18.2 Å². The largest absolute Gasteiger partial charge is 0.494 e. The molecule has 0 heterocycles. The van der Waals surface area contributed by atoms with Crippen LogP contribution in [0.15, 0.2) is 66.7 Å². The van der Waals surface area contributed by atoms with Crippen molar-refractivity contribution < 1.29 is 23.4 Å². The van der Waals surface area contributed by atoms with E-state index >= 15 is 0 Å². The van der Waals surface area contributed by atoms with Crippen LogP contribution in [-0.4, -0.2) is 19.6 Å². The maximum atomic E-state index is 13.8. The third-order valence-corrected chi connectivity index (χ3v) is 4.10. The summed E-state index contributed by atoms with van der Waals surface area (Å²) in [7, 11) is 1.39. The Morgan fingerprint density at radius 3 is 2.38 bits per heavy atom. The number of hydrogen-bond acceptors (Lipinski definition) is 4. The first-order chi connectivity index (χ1) is 14.1. The molecule has 0 aromatic heterocycles. The highest BCUT2D eigenvalue weighted by Gasteiger charge is 2.11. The Morgan fingerprint density at radius 1 is 0.966 bits per heavy atom. The number of carbonyl (C=O) groups excluding carboxylic acids is 1. The molecule has 1 N–H and O–H groups in total. The van der Waals surface area contributed by atoms with Crippen LogP contribution in [0.2, 0.25) is 0 Å². The number of benzene rings is 3. The zero-order valence-electron chi connectivity index (χ0n) is 16.3. The van der Waals surface area contributed by atoms with Crippen molar-refractivity contribution in [3.05, 3.63) is 78.1 Å². The van der Waals surface area contributed by atoms with Crippen molar-refractivity contribution >= 4 is 11.6 Å².